The molecule has 6 aliphatic rings. The molecule has 12 heteroatoms. The Morgan fingerprint density at radius 1 is 0.977 bits per heavy atom. The molecule has 5 aliphatic heterocycles. The van der Waals surface area contributed by atoms with E-state index >= 15 is 4.39 Å². The maximum absolute atomic E-state index is 15.9. The molecule has 1 unspecified atom stereocenters. The van der Waals surface area contributed by atoms with Crippen molar-refractivity contribution in [1.29, 1.82) is 5.26 Å². The molecule has 5 heterocycles. The number of carbonyl (C=O) groups is 4. The molecular formula is C31H32FN7O4. The van der Waals surface area contributed by atoms with E-state index in [1.54, 1.807) is 0 Å². The topological polar surface area (TPSA) is 138 Å². The van der Waals surface area contributed by atoms with Gasteiger partial charge in [-0.05, 0) is 37.0 Å². The highest BCUT2D eigenvalue weighted by Gasteiger charge is 2.45. The molecule has 0 spiro atoms. The number of imide groups is 2. The quantitative estimate of drug-likeness (QED) is 0.454. The number of benzene rings is 1. The molecule has 3 N–H and O–H groups in total. The maximum atomic E-state index is 15.9. The second kappa shape index (κ2) is 10.4. The number of hydrogen-bond acceptors (Lipinski definition) is 9. The molecular weight excluding hydrogens is 553 g/mol. The summed E-state index contributed by atoms with van der Waals surface area (Å²) in [6, 6.07) is 3.37. The van der Waals surface area contributed by atoms with E-state index in [0.717, 1.165) is 37.4 Å². The summed E-state index contributed by atoms with van der Waals surface area (Å²) >= 11 is 0. The number of fused-ring (bicyclic) bond motifs is 2. The highest BCUT2D eigenvalue weighted by Crippen LogP contribution is 2.45. The number of rotatable bonds is 4. The predicted octanol–water partition coefficient (Wildman–Crippen LogP) is 2.11. The number of hydrazine groups is 1. The summed E-state index contributed by atoms with van der Waals surface area (Å²) in [4.78, 5) is 54.7. The van der Waals surface area contributed by atoms with Crippen LogP contribution in [-0.2, 0) is 9.59 Å². The van der Waals surface area contributed by atoms with Gasteiger partial charge < -0.3 is 4.90 Å². The number of carbonyl (C=O) groups excluding carboxylic acids is 4. The summed E-state index contributed by atoms with van der Waals surface area (Å²) in [6.07, 6.45) is 11.8. The first-order chi connectivity index (χ1) is 20.8. The first kappa shape index (κ1) is 27.5. The molecule has 1 aliphatic carbocycles. The molecule has 7 rings (SSSR count). The van der Waals surface area contributed by atoms with Crippen LogP contribution < -0.4 is 21.0 Å². The van der Waals surface area contributed by atoms with Crippen molar-refractivity contribution in [2.75, 3.05) is 37.6 Å². The zero-order valence-corrected chi connectivity index (χ0v) is 23.7. The van der Waals surface area contributed by atoms with E-state index in [1.165, 1.54) is 12.0 Å². The lowest BCUT2D eigenvalue weighted by Crippen LogP contribution is -2.59. The third kappa shape index (κ3) is 4.37. The van der Waals surface area contributed by atoms with Crippen LogP contribution >= 0.6 is 0 Å². The van der Waals surface area contributed by atoms with Crippen molar-refractivity contribution in [3.05, 3.63) is 63.8 Å². The second-order valence-electron chi connectivity index (χ2n) is 12.0. The van der Waals surface area contributed by atoms with Gasteiger partial charge in [-0.15, -0.1) is 0 Å². The van der Waals surface area contributed by atoms with E-state index in [4.69, 9.17) is 0 Å². The number of halogens is 1. The van der Waals surface area contributed by atoms with Crippen LogP contribution in [0.3, 0.4) is 0 Å². The van der Waals surface area contributed by atoms with Crippen molar-refractivity contribution in [3.8, 4) is 6.07 Å². The largest absolute Gasteiger partial charge is 0.366 e. The Morgan fingerprint density at radius 3 is 2.47 bits per heavy atom. The Morgan fingerprint density at radius 2 is 1.74 bits per heavy atom. The van der Waals surface area contributed by atoms with Crippen molar-refractivity contribution in [2.45, 2.75) is 56.4 Å². The number of hydrogen-bond donors (Lipinski definition) is 3. The van der Waals surface area contributed by atoms with E-state index in [-0.39, 0.29) is 40.8 Å². The van der Waals surface area contributed by atoms with Gasteiger partial charge >= 0.3 is 0 Å². The van der Waals surface area contributed by atoms with Gasteiger partial charge in [-0.1, -0.05) is 25.3 Å². The summed E-state index contributed by atoms with van der Waals surface area (Å²) in [7, 11) is 0. The van der Waals surface area contributed by atoms with Crippen molar-refractivity contribution in [3.63, 3.8) is 0 Å². The van der Waals surface area contributed by atoms with E-state index < -0.39 is 35.4 Å². The van der Waals surface area contributed by atoms with Gasteiger partial charge in [0.05, 0.1) is 46.6 Å². The van der Waals surface area contributed by atoms with Crippen molar-refractivity contribution < 1.29 is 23.6 Å². The lowest BCUT2D eigenvalue weighted by molar-refractivity contribution is -0.134. The smallest absolute Gasteiger partial charge is 0.259 e. The normalized spacial score (nSPS) is 25.3. The summed E-state index contributed by atoms with van der Waals surface area (Å²) in [6.45, 7) is 2.66. The number of piperidine rings is 1. The van der Waals surface area contributed by atoms with Crippen LogP contribution in [0.4, 0.5) is 10.1 Å². The summed E-state index contributed by atoms with van der Waals surface area (Å²) in [5.74, 6) is -3.93. The highest BCUT2D eigenvalue weighted by molar-refractivity contribution is 6.23. The van der Waals surface area contributed by atoms with Crippen LogP contribution in [0.5, 0.6) is 0 Å². The van der Waals surface area contributed by atoms with Crippen LogP contribution in [0.25, 0.3) is 0 Å². The van der Waals surface area contributed by atoms with Crippen LogP contribution in [0.15, 0.2) is 41.3 Å². The van der Waals surface area contributed by atoms with Gasteiger partial charge in [-0.2, -0.15) is 5.26 Å². The standard InChI is InChI=1S/C31H32FN7O4/c32-22-14-21-26(30(43)36-29(21)42)25(20-5-7-24(40)35-28(20)41)27(22)37-10-12-38(13-11-37)31(8-2-1-3-9-31)19-4-6-23-18(15-33)16-34-39(23)17-19/h4,6,14,17,20,34H,1-3,5,7-13,16H2,(H,35,40,41)(H,36,42,43). The zero-order valence-electron chi connectivity index (χ0n) is 23.7. The van der Waals surface area contributed by atoms with Gasteiger partial charge in [0, 0.05) is 49.9 Å². The number of amides is 4. The third-order valence-electron chi connectivity index (χ3n) is 9.82. The minimum absolute atomic E-state index is 0.0262. The van der Waals surface area contributed by atoms with E-state index in [2.05, 4.69) is 39.3 Å². The molecule has 11 nitrogen and oxygen atoms in total. The average molecular weight is 586 g/mol. The number of nitrogens with zero attached hydrogens (tertiary/aromatic N) is 4. The second-order valence-corrected chi connectivity index (χ2v) is 12.0. The van der Waals surface area contributed by atoms with Crippen LogP contribution in [-0.4, -0.2) is 71.8 Å². The Bertz CT molecular complexity index is 1590. The van der Waals surface area contributed by atoms with Gasteiger partial charge in [-0.3, -0.25) is 39.7 Å². The molecule has 1 saturated carbocycles. The minimum atomic E-state index is -0.928. The molecule has 222 valence electrons. The van der Waals surface area contributed by atoms with E-state index in [1.807, 2.05) is 16.0 Å². The van der Waals surface area contributed by atoms with Gasteiger partial charge in [-0.25, -0.2) is 9.82 Å². The predicted molar refractivity (Wildman–Crippen MR) is 153 cm³/mol. The van der Waals surface area contributed by atoms with Gasteiger partial charge in [0.15, 0.2) is 0 Å². The Hall–Kier alpha value is -4.34. The minimum Gasteiger partial charge on any atom is -0.366 e. The Balaban J connectivity index is 1.21. The Kier molecular flexibility index (Phi) is 6.67. The first-order valence-corrected chi connectivity index (χ1v) is 14.9. The van der Waals surface area contributed by atoms with Gasteiger partial charge in [0.2, 0.25) is 11.8 Å². The van der Waals surface area contributed by atoms with Crippen molar-refractivity contribution in [1.82, 2.24) is 26.0 Å². The number of anilines is 1. The molecule has 0 radical (unpaired) electrons. The lowest BCUT2D eigenvalue weighted by Gasteiger charge is -2.51. The highest BCUT2D eigenvalue weighted by atomic mass is 19.1. The van der Waals surface area contributed by atoms with Crippen LogP contribution in [0.1, 0.15) is 77.1 Å². The first-order valence-electron chi connectivity index (χ1n) is 14.9. The molecule has 2 saturated heterocycles. The van der Waals surface area contributed by atoms with Crippen molar-refractivity contribution >= 4 is 29.3 Å². The Labute approximate surface area is 248 Å². The SMILES string of the molecule is N#CC1=C2C=CC(C3(N4CCN(c5c(F)cc6c(c5C5CCC(=O)NC5=O)C(=O)NC6=O)CC4)CCCCC3)=CN2NC1. The van der Waals surface area contributed by atoms with Crippen LogP contribution in [0, 0.1) is 17.1 Å². The monoisotopic (exact) mass is 585 g/mol. The molecule has 43 heavy (non-hydrogen) atoms. The number of nitrogens with one attached hydrogen (secondary N) is 3. The molecule has 0 aromatic heterocycles. The zero-order chi connectivity index (χ0) is 29.9. The molecule has 0 bridgehead atoms. The fourth-order valence-corrected chi connectivity index (χ4v) is 7.73. The number of allylic oxidation sites excluding steroid dienone is 1. The van der Waals surface area contributed by atoms with Crippen LogP contribution in [0.2, 0.25) is 0 Å². The summed E-state index contributed by atoms with van der Waals surface area (Å²) in [5, 5.41) is 16.0. The molecule has 1 aromatic carbocycles. The van der Waals surface area contributed by atoms with Gasteiger partial charge in [0.25, 0.3) is 11.8 Å². The summed E-state index contributed by atoms with van der Waals surface area (Å²) < 4.78 is 15.9. The fraction of sp³-hybridized carbons (Fsp3) is 0.452. The number of nitriles is 1. The average Bonchev–Trinajstić information content (AvgIpc) is 3.56. The van der Waals surface area contributed by atoms with Crippen molar-refractivity contribution in [2.24, 2.45) is 0 Å². The number of piperazine rings is 1. The summed E-state index contributed by atoms with van der Waals surface area (Å²) in [5.41, 5.74) is 6.13. The lowest BCUT2D eigenvalue weighted by atomic mass is 9.74. The fourth-order valence-electron chi connectivity index (χ4n) is 7.73. The molecule has 4 amide bonds. The van der Waals surface area contributed by atoms with E-state index in [9.17, 15) is 24.4 Å². The van der Waals surface area contributed by atoms with Gasteiger partial charge in [0.1, 0.15) is 5.82 Å². The molecule has 1 atom stereocenters. The van der Waals surface area contributed by atoms with E-state index in [0.29, 0.717) is 38.3 Å². The third-order valence-corrected chi connectivity index (χ3v) is 9.82. The maximum Gasteiger partial charge on any atom is 0.259 e. The molecule has 1 aromatic rings. The molecule has 3 fully saturated rings.